The van der Waals surface area contributed by atoms with Crippen molar-refractivity contribution in [2.45, 2.75) is 57.2 Å². The lowest BCUT2D eigenvalue weighted by molar-refractivity contribution is -0.0385. The van der Waals surface area contributed by atoms with Gasteiger partial charge < -0.3 is 10.5 Å². The van der Waals surface area contributed by atoms with Gasteiger partial charge in [0.2, 0.25) is 0 Å². The Morgan fingerprint density at radius 3 is 2.42 bits per heavy atom. The Bertz CT molecular complexity index is 277. The van der Waals surface area contributed by atoms with E-state index in [1.165, 1.54) is 32.5 Å². The summed E-state index contributed by atoms with van der Waals surface area (Å²) in [5.74, 6) is 0. The quantitative estimate of drug-likeness (QED) is 0.835. The number of nitrogens with two attached hydrogens (primary N) is 1. The minimum absolute atomic E-state index is 0.239. The molecule has 2 rings (SSSR count). The molecule has 1 atom stereocenters. The molecule has 2 N–H and O–H groups in total. The van der Waals surface area contributed by atoms with E-state index in [9.17, 15) is 0 Å². The largest absolute Gasteiger partial charge is 0.381 e. The number of likely N-dealkylation sites (N-methyl/N-ethyl adjacent to an activating group) is 1. The molecule has 0 aromatic rings. The molecule has 1 aliphatic carbocycles. The SMILES string of the molecule is CCN1CCN(C2(CN)CCC(OC)CC2)CC1C. The van der Waals surface area contributed by atoms with Gasteiger partial charge in [-0.2, -0.15) is 0 Å². The van der Waals surface area contributed by atoms with Gasteiger partial charge in [-0.25, -0.2) is 0 Å². The van der Waals surface area contributed by atoms with E-state index < -0.39 is 0 Å². The second-order valence-corrected chi connectivity index (χ2v) is 6.29. The average Bonchev–Trinajstić information content (AvgIpc) is 2.47. The van der Waals surface area contributed by atoms with Gasteiger partial charge >= 0.3 is 0 Å². The lowest BCUT2D eigenvalue weighted by atomic mass is 9.78. The molecule has 0 aromatic heterocycles. The Morgan fingerprint density at radius 2 is 1.95 bits per heavy atom. The summed E-state index contributed by atoms with van der Waals surface area (Å²) < 4.78 is 5.50. The van der Waals surface area contributed by atoms with Crippen molar-refractivity contribution in [3.63, 3.8) is 0 Å². The van der Waals surface area contributed by atoms with Gasteiger partial charge in [0.05, 0.1) is 6.10 Å². The summed E-state index contributed by atoms with van der Waals surface area (Å²) in [6.07, 6.45) is 5.17. The fourth-order valence-electron chi connectivity index (χ4n) is 3.91. The Morgan fingerprint density at radius 1 is 1.26 bits per heavy atom. The van der Waals surface area contributed by atoms with Crippen molar-refractivity contribution in [3.05, 3.63) is 0 Å². The third kappa shape index (κ3) is 3.13. The van der Waals surface area contributed by atoms with Gasteiger partial charge in [0.25, 0.3) is 0 Å². The van der Waals surface area contributed by atoms with E-state index >= 15 is 0 Å². The highest BCUT2D eigenvalue weighted by Gasteiger charge is 2.41. The molecule has 112 valence electrons. The van der Waals surface area contributed by atoms with Crippen LogP contribution in [-0.2, 0) is 4.74 Å². The molecule has 0 aromatic carbocycles. The maximum Gasteiger partial charge on any atom is 0.0572 e. The summed E-state index contributed by atoms with van der Waals surface area (Å²) in [7, 11) is 1.84. The van der Waals surface area contributed by atoms with Crippen LogP contribution in [0.3, 0.4) is 0 Å². The molecular weight excluding hydrogens is 238 g/mol. The van der Waals surface area contributed by atoms with E-state index in [1.807, 2.05) is 7.11 Å². The number of rotatable bonds is 4. The predicted octanol–water partition coefficient (Wildman–Crippen LogP) is 1.30. The lowest BCUT2D eigenvalue weighted by Crippen LogP contribution is -2.63. The highest BCUT2D eigenvalue weighted by atomic mass is 16.5. The number of piperazine rings is 1. The molecule has 1 saturated carbocycles. The van der Waals surface area contributed by atoms with E-state index in [-0.39, 0.29) is 5.54 Å². The van der Waals surface area contributed by atoms with Crippen molar-refractivity contribution in [1.82, 2.24) is 9.80 Å². The number of methoxy groups -OCH3 is 1. The zero-order valence-corrected chi connectivity index (χ0v) is 12.9. The molecule has 1 aliphatic heterocycles. The van der Waals surface area contributed by atoms with E-state index in [4.69, 9.17) is 10.5 Å². The zero-order valence-electron chi connectivity index (χ0n) is 12.9. The predicted molar refractivity (Wildman–Crippen MR) is 79.3 cm³/mol. The first-order valence-electron chi connectivity index (χ1n) is 7.87. The van der Waals surface area contributed by atoms with E-state index in [1.54, 1.807) is 0 Å². The van der Waals surface area contributed by atoms with Crippen LogP contribution in [0.5, 0.6) is 0 Å². The molecule has 19 heavy (non-hydrogen) atoms. The van der Waals surface area contributed by atoms with Gasteiger partial charge in [0.15, 0.2) is 0 Å². The molecule has 2 aliphatic rings. The summed E-state index contributed by atoms with van der Waals surface area (Å²) in [6, 6.07) is 0.655. The number of hydrogen-bond acceptors (Lipinski definition) is 4. The van der Waals surface area contributed by atoms with E-state index in [0.29, 0.717) is 12.1 Å². The minimum Gasteiger partial charge on any atom is -0.381 e. The fraction of sp³-hybridized carbons (Fsp3) is 1.00. The summed E-state index contributed by atoms with van der Waals surface area (Å²) in [5.41, 5.74) is 6.41. The van der Waals surface area contributed by atoms with Crippen molar-refractivity contribution in [1.29, 1.82) is 0 Å². The van der Waals surface area contributed by atoms with Crippen LogP contribution in [0.25, 0.3) is 0 Å². The normalized spacial score (nSPS) is 38.5. The maximum absolute atomic E-state index is 6.17. The second-order valence-electron chi connectivity index (χ2n) is 6.29. The Labute approximate surface area is 118 Å². The number of ether oxygens (including phenoxy) is 1. The first-order valence-corrected chi connectivity index (χ1v) is 7.87. The van der Waals surface area contributed by atoms with Crippen LogP contribution < -0.4 is 5.73 Å². The van der Waals surface area contributed by atoms with Crippen molar-refractivity contribution in [3.8, 4) is 0 Å². The second kappa shape index (κ2) is 6.53. The van der Waals surface area contributed by atoms with Gasteiger partial charge in [-0.05, 0) is 39.2 Å². The third-order valence-electron chi connectivity index (χ3n) is 5.42. The molecule has 1 heterocycles. The van der Waals surface area contributed by atoms with Crippen LogP contribution in [-0.4, -0.2) is 67.3 Å². The van der Waals surface area contributed by atoms with Crippen LogP contribution in [0.1, 0.15) is 39.5 Å². The minimum atomic E-state index is 0.239. The molecule has 0 radical (unpaired) electrons. The van der Waals surface area contributed by atoms with Crippen molar-refractivity contribution in [2.75, 3.05) is 39.8 Å². The summed E-state index contributed by atoms with van der Waals surface area (Å²) in [6.45, 7) is 10.1. The van der Waals surface area contributed by atoms with E-state index in [2.05, 4.69) is 23.6 Å². The summed E-state index contributed by atoms with van der Waals surface area (Å²) >= 11 is 0. The average molecular weight is 269 g/mol. The summed E-state index contributed by atoms with van der Waals surface area (Å²) in [4.78, 5) is 5.25. The van der Waals surface area contributed by atoms with E-state index in [0.717, 1.165) is 25.9 Å². The molecule has 0 spiro atoms. The fourth-order valence-corrected chi connectivity index (χ4v) is 3.91. The van der Waals surface area contributed by atoms with Crippen LogP contribution in [0.15, 0.2) is 0 Å². The zero-order chi connectivity index (χ0) is 13.9. The lowest BCUT2D eigenvalue weighted by Gasteiger charge is -2.52. The van der Waals surface area contributed by atoms with Gasteiger partial charge in [-0.3, -0.25) is 9.80 Å². The van der Waals surface area contributed by atoms with Crippen LogP contribution >= 0.6 is 0 Å². The molecule has 0 amide bonds. The highest BCUT2D eigenvalue weighted by Crippen LogP contribution is 2.35. The number of nitrogens with zero attached hydrogens (tertiary/aromatic N) is 2. The number of hydrogen-bond donors (Lipinski definition) is 1. The maximum atomic E-state index is 6.17. The van der Waals surface area contributed by atoms with Crippen LogP contribution in [0.2, 0.25) is 0 Å². The molecule has 0 bridgehead atoms. The standard InChI is InChI=1S/C15H31N3O/c1-4-17-9-10-18(11-13(17)2)15(12-16)7-5-14(19-3)6-8-15/h13-14H,4-12,16H2,1-3H3. The van der Waals surface area contributed by atoms with Crippen LogP contribution in [0.4, 0.5) is 0 Å². The Hall–Kier alpha value is -0.160. The Kier molecular flexibility index (Phi) is 5.23. The monoisotopic (exact) mass is 269 g/mol. The van der Waals surface area contributed by atoms with Gasteiger partial charge in [0.1, 0.15) is 0 Å². The van der Waals surface area contributed by atoms with Crippen molar-refractivity contribution in [2.24, 2.45) is 5.73 Å². The Balaban J connectivity index is 1.98. The van der Waals surface area contributed by atoms with Crippen molar-refractivity contribution < 1.29 is 4.74 Å². The van der Waals surface area contributed by atoms with Gasteiger partial charge in [-0.1, -0.05) is 6.92 Å². The molecule has 1 saturated heterocycles. The molecule has 1 unspecified atom stereocenters. The van der Waals surface area contributed by atoms with Crippen molar-refractivity contribution >= 4 is 0 Å². The summed E-state index contributed by atoms with van der Waals surface area (Å²) in [5, 5.41) is 0. The van der Waals surface area contributed by atoms with Crippen LogP contribution in [0, 0.1) is 0 Å². The first-order chi connectivity index (χ1) is 9.15. The van der Waals surface area contributed by atoms with Gasteiger partial charge in [0, 0.05) is 44.9 Å². The molecule has 4 nitrogen and oxygen atoms in total. The van der Waals surface area contributed by atoms with Gasteiger partial charge in [-0.15, -0.1) is 0 Å². The smallest absolute Gasteiger partial charge is 0.0572 e. The topological polar surface area (TPSA) is 41.7 Å². The first kappa shape index (κ1) is 15.2. The molecular formula is C15H31N3O. The molecule has 4 heteroatoms. The highest BCUT2D eigenvalue weighted by molar-refractivity contribution is 4.99. The molecule has 2 fully saturated rings. The third-order valence-corrected chi connectivity index (χ3v) is 5.42.